The van der Waals surface area contributed by atoms with E-state index in [2.05, 4.69) is 33.8 Å². The van der Waals surface area contributed by atoms with Crippen LogP contribution < -0.4 is 16.2 Å². The highest BCUT2D eigenvalue weighted by Gasteiger charge is 2.35. The maximum atomic E-state index is 13.4. The lowest BCUT2D eigenvalue weighted by molar-refractivity contribution is 0.183. The second kappa shape index (κ2) is 8.74. The summed E-state index contributed by atoms with van der Waals surface area (Å²) in [5.41, 5.74) is 2.99. The number of carbonyl (C=O) groups is 1. The Morgan fingerprint density at radius 3 is 2.88 bits per heavy atom. The molecule has 2 amide bonds. The molecule has 0 unspecified atom stereocenters. The zero-order chi connectivity index (χ0) is 22.1. The summed E-state index contributed by atoms with van der Waals surface area (Å²) in [6, 6.07) is 14.0. The summed E-state index contributed by atoms with van der Waals surface area (Å²) in [6.45, 7) is 2.11. The number of benzene rings is 1. The second-order valence-corrected chi connectivity index (χ2v) is 8.92. The van der Waals surface area contributed by atoms with E-state index in [0.29, 0.717) is 13.1 Å². The van der Waals surface area contributed by atoms with Gasteiger partial charge in [-0.25, -0.2) is 4.79 Å². The zero-order valence-corrected chi connectivity index (χ0v) is 18.3. The normalized spacial score (nSPS) is 20.8. The van der Waals surface area contributed by atoms with Crippen molar-refractivity contribution in [1.29, 1.82) is 0 Å². The van der Waals surface area contributed by atoms with Gasteiger partial charge in [0.25, 0.3) is 5.56 Å². The fraction of sp³-hybridized carbons (Fsp3) is 0.400. The van der Waals surface area contributed by atoms with Crippen LogP contribution in [-0.2, 0) is 13.6 Å². The van der Waals surface area contributed by atoms with E-state index >= 15 is 0 Å². The minimum absolute atomic E-state index is 0.0193. The summed E-state index contributed by atoms with van der Waals surface area (Å²) in [7, 11) is 1.75. The Kier molecular flexibility index (Phi) is 5.66. The number of hydrogen-bond acceptors (Lipinski definition) is 4. The molecule has 3 heterocycles. The number of amides is 2. The molecule has 32 heavy (non-hydrogen) atoms. The summed E-state index contributed by atoms with van der Waals surface area (Å²) in [5.74, 6) is 0.120. The summed E-state index contributed by atoms with van der Waals surface area (Å²) >= 11 is 0. The number of fused-ring (bicyclic) bond motifs is 1. The molecule has 1 aromatic carbocycles. The van der Waals surface area contributed by atoms with E-state index in [1.807, 2.05) is 29.3 Å². The average Bonchev–Trinajstić information content (AvgIpc) is 3.65. The van der Waals surface area contributed by atoms with Gasteiger partial charge in [0.1, 0.15) is 0 Å². The van der Waals surface area contributed by atoms with Crippen LogP contribution in [-0.4, -0.2) is 45.7 Å². The number of aromatic nitrogens is 2. The van der Waals surface area contributed by atoms with Crippen molar-refractivity contribution in [3.63, 3.8) is 0 Å². The Morgan fingerprint density at radius 1 is 1.22 bits per heavy atom. The van der Waals surface area contributed by atoms with Gasteiger partial charge in [0.15, 0.2) is 0 Å². The van der Waals surface area contributed by atoms with Crippen molar-refractivity contribution in [2.75, 3.05) is 13.1 Å². The first kappa shape index (κ1) is 20.7. The number of para-hydroxylation sites is 1. The number of piperidine rings is 1. The summed E-state index contributed by atoms with van der Waals surface area (Å²) in [4.78, 5) is 32.1. The quantitative estimate of drug-likeness (QED) is 0.651. The molecule has 5 rings (SSSR count). The molecule has 3 aromatic rings. The summed E-state index contributed by atoms with van der Waals surface area (Å²) in [6.07, 6.45) is 6.56. The molecule has 2 N–H and O–H groups in total. The number of pyridine rings is 2. The van der Waals surface area contributed by atoms with Crippen LogP contribution in [0.25, 0.3) is 10.9 Å². The Morgan fingerprint density at radius 2 is 2.06 bits per heavy atom. The van der Waals surface area contributed by atoms with E-state index in [0.717, 1.165) is 47.8 Å². The van der Waals surface area contributed by atoms with E-state index < -0.39 is 0 Å². The largest absolute Gasteiger partial charge is 0.333 e. The van der Waals surface area contributed by atoms with Crippen molar-refractivity contribution >= 4 is 16.9 Å². The SMILES string of the molecule is Cn1ccc([C@@H]2CCNC[C@H]2NC(=O)N(Cc2cccc3cccnc23)C2CC2)cc1=O. The van der Waals surface area contributed by atoms with Crippen molar-refractivity contribution < 1.29 is 4.79 Å². The maximum Gasteiger partial charge on any atom is 0.318 e. The first-order valence-corrected chi connectivity index (χ1v) is 11.4. The predicted octanol–water partition coefficient (Wildman–Crippen LogP) is 2.75. The van der Waals surface area contributed by atoms with Gasteiger partial charge < -0.3 is 20.1 Å². The van der Waals surface area contributed by atoms with Crippen LogP contribution >= 0.6 is 0 Å². The van der Waals surface area contributed by atoms with Crippen LogP contribution in [0.4, 0.5) is 4.79 Å². The topological polar surface area (TPSA) is 79.3 Å². The number of nitrogens with zero attached hydrogens (tertiary/aromatic N) is 3. The molecule has 1 saturated carbocycles. The Bertz CT molecular complexity index is 1180. The van der Waals surface area contributed by atoms with Crippen LogP contribution in [0, 0.1) is 0 Å². The first-order chi connectivity index (χ1) is 15.6. The number of rotatable bonds is 5. The van der Waals surface area contributed by atoms with Gasteiger partial charge in [-0.1, -0.05) is 24.3 Å². The predicted molar refractivity (Wildman–Crippen MR) is 125 cm³/mol. The first-order valence-electron chi connectivity index (χ1n) is 11.4. The molecule has 2 aromatic heterocycles. The van der Waals surface area contributed by atoms with Gasteiger partial charge in [0.2, 0.25) is 0 Å². The Balaban J connectivity index is 1.36. The van der Waals surface area contributed by atoms with Crippen molar-refractivity contribution in [2.24, 2.45) is 7.05 Å². The standard InChI is InChI=1S/C25H29N5O2/c1-29-13-10-18(14-23(29)31)21-9-12-26-15-22(21)28-25(32)30(20-7-8-20)16-19-5-2-4-17-6-3-11-27-24(17)19/h2-6,10-11,13-14,20-22,26H,7-9,12,15-16H2,1H3,(H,28,32)/t21-,22+/m0/s1. The van der Waals surface area contributed by atoms with E-state index in [9.17, 15) is 9.59 Å². The second-order valence-electron chi connectivity index (χ2n) is 8.92. The van der Waals surface area contributed by atoms with Gasteiger partial charge in [0, 0.05) is 62.0 Å². The lowest BCUT2D eigenvalue weighted by Gasteiger charge is -2.35. The van der Waals surface area contributed by atoms with Gasteiger partial charge in [-0.15, -0.1) is 0 Å². The summed E-state index contributed by atoms with van der Waals surface area (Å²) in [5, 5.41) is 7.77. The van der Waals surface area contributed by atoms with Gasteiger partial charge in [-0.3, -0.25) is 9.78 Å². The number of carbonyl (C=O) groups excluding carboxylic acids is 1. The highest BCUT2D eigenvalue weighted by atomic mass is 16.2. The van der Waals surface area contributed by atoms with Crippen LogP contribution in [0.5, 0.6) is 0 Å². The fourth-order valence-electron chi connectivity index (χ4n) is 4.68. The molecule has 0 radical (unpaired) electrons. The molecular weight excluding hydrogens is 402 g/mol. The molecular formula is C25H29N5O2. The van der Waals surface area contributed by atoms with E-state index in [-0.39, 0.29) is 29.6 Å². The highest BCUT2D eigenvalue weighted by molar-refractivity contribution is 5.82. The lowest BCUT2D eigenvalue weighted by Crippen LogP contribution is -2.53. The molecule has 166 valence electrons. The minimum atomic E-state index is -0.0600. The minimum Gasteiger partial charge on any atom is -0.333 e. The van der Waals surface area contributed by atoms with Crippen LogP contribution in [0.2, 0.25) is 0 Å². The lowest BCUT2D eigenvalue weighted by atomic mass is 9.86. The van der Waals surface area contributed by atoms with Crippen molar-refractivity contribution in [3.8, 4) is 0 Å². The maximum absolute atomic E-state index is 13.4. The third-order valence-corrected chi connectivity index (χ3v) is 6.65. The molecule has 2 atom stereocenters. The van der Waals surface area contributed by atoms with Crippen molar-refractivity contribution in [2.45, 2.75) is 43.8 Å². The zero-order valence-electron chi connectivity index (χ0n) is 18.3. The van der Waals surface area contributed by atoms with E-state index in [1.54, 1.807) is 23.9 Å². The number of urea groups is 1. The van der Waals surface area contributed by atoms with Gasteiger partial charge >= 0.3 is 6.03 Å². The van der Waals surface area contributed by atoms with Gasteiger partial charge in [-0.05, 0) is 49.1 Å². The van der Waals surface area contributed by atoms with Crippen LogP contribution in [0.1, 0.15) is 36.3 Å². The van der Waals surface area contributed by atoms with Gasteiger partial charge in [0.05, 0.1) is 5.52 Å². The van der Waals surface area contributed by atoms with Crippen LogP contribution in [0.15, 0.2) is 59.7 Å². The highest BCUT2D eigenvalue weighted by Crippen LogP contribution is 2.31. The molecule has 7 nitrogen and oxygen atoms in total. The van der Waals surface area contributed by atoms with E-state index in [4.69, 9.17) is 0 Å². The molecule has 1 saturated heterocycles. The van der Waals surface area contributed by atoms with Crippen LogP contribution in [0.3, 0.4) is 0 Å². The number of nitrogens with one attached hydrogen (secondary N) is 2. The molecule has 7 heteroatoms. The smallest absolute Gasteiger partial charge is 0.318 e. The Labute approximate surface area is 187 Å². The molecule has 1 aliphatic carbocycles. The number of aryl methyl sites for hydroxylation is 1. The molecule has 2 fully saturated rings. The third kappa shape index (κ3) is 4.25. The molecule has 2 aliphatic rings. The third-order valence-electron chi connectivity index (χ3n) is 6.65. The number of hydrogen-bond donors (Lipinski definition) is 2. The van der Waals surface area contributed by atoms with Gasteiger partial charge in [-0.2, -0.15) is 0 Å². The molecule has 0 bridgehead atoms. The average molecular weight is 432 g/mol. The summed E-state index contributed by atoms with van der Waals surface area (Å²) < 4.78 is 1.57. The molecule has 0 spiro atoms. The molecule has 1 aliphatic heterocycles. The monoisotopic (exact) mass is 431 g/mol. The Hall–Kier alpha value is -3.19. The fourth-order valence-corrected chi connectivity index (χ4v) is 4.68. The van der Waals surface area contributed by atoms with Crippen molar-refractivity contribution in [3.05, 3.63) is 76.3 Å². The van der Waals surface area contributed by atoms with E-state index in [1.165, 1.54) is 0 Å². The van der Waals surface area contributed by atoms with Crippen molar-refractivity contribution in [1.82, 2.24) is 25.1 Å².